The number of hydrogen-bond acceptors (Lipinski definition) is 6. The van der Waals surface area contributed by atoms with E-state index in [0.717, 1.165) is 11.1 Å². The lowest BCUT2D eigenvalue weighted by Gasteiger charge is -2.25. The molecule has 4 rings (SSSR count). The molecule has 0 amide bonds. The van der Waals surface area contributed by atoms with Gasteiger partial charge in [-0.1, -0.05) is 72.3 Å². The van der Waals surface area contributed by atoms with Gasteiger partial charge in [-0.2, -0.15) is 0 Å². The van der Waals surface area contributed by atoms with Crippen LogP contribution < -0.4 is 0 Å². The van der Waals surface area contributed by atoms with Gasteiger partial charge in [0.2, 0.25) is 0 Å². The molecule has 0 saturated carbocycles. The molecule has 3 aromatic rings. The molecule has 1 unspecified atom stereocenters. The Morgan fingerprint density at radius 1 is 0.853 bits per heavy atom. The minimum Gasteiger partial charge on any atom is -0.452 e. The molecule has 1 aliphatic rings. The molecule has 0 spiro atoms. The van der Waals surface area contributed by atoms with Crippen molar-refractivity contribution in [2.45, 2.75) is 36.1 Å². The van der Waals surface area contributed by atoms with Crippen molar-refractivity contribution in [3.8, 4) is 0 Å². The summed E-state index contributed by atoms with van der Waals surface area (Å²) in [7, 11) is 1.61. The number of methoxy groups -OCH3 is 1. The Labute approximate surface area is 209 Å². The zero-order valence-electron chi connectivity index (χ0n) is 18.8. The molecule has 0 radical (unpaired) electrons. The molecule has 7 heteroatoms. The van der Waals surface area contributed by atoms with Crippen LogP contribution in [0.3, 0.4) is 0 Å². The largest absolute Gasteiger partial charge is 0.452 e. The van der Waals surface area contributed by atoms with Gasteiger partial charge in [0.05, 0.1) is 30.6 Å². The van der Waals surface area contributed by atoms with Gasteiger partial charge < -0.3 is 18.9 Å². The van der Waals surface area contributed by atoms with Crippen LogP contribution in [0.15, 0.2) is 84.9 Å². The minimum absolute atomic E-state index is 0.0691. The highest BCUT2D eigenvalue weighted by Gasteiger charge is 2.48. The standard InChI is InChI=1S/C27H27ClO5S/c1-30-27-25(33-26(29)21-12-14-22(28)15-13-21)24(32-17-20-10-6-3-7-11-20)23(34-27)18-31-16-19-8-4-2-5-9-19/h2-15,23-25,27H,16-18H2,1H3/t23-,24-,25+,27?/m1/s1. The monoisotopic (exact) mass is 498 g/mol. The summed E-state index contributed by atoms with van der Waals surface area (Å²) in [6.07, 6.45) is -0.991. The maximum absolute atomic E-state index is 12.9. The molecule has 4 atom stereocenters. The topological polar surface area (TPSA) is 54.0 Å². The summed E-state index contributed by atoms with van der Waals surface area (Å²) in [6, 6.07) is 26.6. The van der Waals surface area contributed by atoms with E-state index in [9.17, 15) is 4.79 Å². The van der Waals surface area contributed by atoms with E-state index in [-0.39, 0.29) is 10.7 Å². The summed E-state index contributed by atoms with van der Waals surface area (Å²) >= 11 is 7.52. The number of ether oxygens (including phenoxy) is 4. The molecule has 1 aliphatic heterocycles. The summed E-state index contributed by atoms with van der Waals surface area (Å²) in [6.45, 7) is 1.33. The molecule has 0 aromatic heterocycles. The molecular formula is C27H27ClO5S. The Morgan fingerprint density at radius 3 is 2.09 bits per heavy atom. The van der Waals surface area contributed by atoms with Crippen LogP contribution in [0.2, 0.25) is 5.02 Å². The Hall–Kier alpha value is -2.35. The zero-order valence-corrected chi connectivity index (χ0v) is 20.4. The molecule has 1 fully saturated rings. The van der Waals surface area contributed by atoms with Gasteiger partial charge in [-0.25, -0.2) is 4.79 Å². The predicted molar refractivity (Wildman–Crippen MR) is 134 cm³/mol. The van der Waals surface area contributed by atoms with E-state index in [1.165, 1.54) is 0 Å². The highest BCUT2D eigenvalue weighted by molar-refractivity contribution is 8.00. The van der Waals surface area contributed by atoms with Crippen molar-refractivity contribution in [1.82, 2.24) is 0 Å². The first-order chi connectivity index (χ1) is 16.6. The van der Waals surface area contributed by atoms with Gasteiger partial charge in [-0.15, -0.1) is 11.8 Å². The van der Waals surface area contributed by atoms with Crippen molar-refractivity contribution < 1.29 is 23.7 Å². The number of thioether (sulfide) groups is 1. The molecule has 5 nitrogen and oxygen atoms in total. The molecule has 3 aromatic carbocycles. The minimum atomic E-state index is -0.591. The highest BCUT2D eigenvalue weighted by atomic mass is 35.5. The third-order valence-corrected chi connectivity index (χ3v) is 7.24. The average Bonchev–Trinajstić information content (AvgIpc) is 3.20. The van der Waals surface area contributed by atoms with Crippen LogP contribution in [0.5, 0.6) is 0 Å². The van der Waals surface area contributed by atoms with Gasteiger partial charge in [-0.3, -0.25) is 0 Å². The van der Waals surface area contributed by atoms with Gasteiger partial charge >= 0.3 is 5.97 Å². The van der Waals surface area contributed by atoms with Crippen molar-refractivity contribution in [3.05, 3.63) is 107 Å². The Bertz CT molecular complexity index is 1030. The maximum atomic E-state index is 12.9. The molecule has 1 heterocycles. The third kappa shape index (κ3) is 6.62. The van der Waals surface area contributed by atoms with E-state index in [2.05, 4.69) is 0 Å². The quantitative estimate of drug-likeness (QED) is 0.331. The summed E-state index contributed by atoms with van der Waals surface area (Å²) < 4.78 is 24.0. The van der Waals surface area contributed by atoms with Crippen LogP contribution in [0.1, 0.15) is 21.5 Å². The van der Waals surface area contributed by atoms with Gasteiger partial charge in [0.25, 0.3) is 0 Å². The van der Waals surface area contributed by atoms with Gasteiger partial charge in [0.15, 0.2) is 6.10 Å². The fraction of sp³-hybridized carbons (Fsp3) is 0.296. The van der Waals surface area contributed by atoms with Crippen LogP contribution in [0.4, 0.5) is 0 Å². The molecule has 0 bridgehead atoms. The molecule has 0 N–H and O–H groups in total. The number of rotatable bonds is 10. The number of carbonyl (C=O) groups is 1. The second-order valence-corrected chi connectivity index (χ2v) is 9.70. The summed E-state index contributed by atoms with van der Waals surface area (Å²) in [5.41, 5.74) is 2.19. The van der Waals surface area contributed by atoms with Crippen molar-refractivity contribution in [2.75, 3.05) is 13.7 Å². The molecule has 1 saturated heterocycles. The van der Waals surface area contributed by atoms with Crippen LogP contribution in [0.25, 0.3) is 0 Å². The van der Waals surface area contributed by atoms with E-state index in [1.807, 2.05) is 60.7 Å². The fourth-order valence-corrected chi connectivity index (χ4v) is 5.26. The SMILES string of the molecule is COC1S[C@H](COCc2ccccc2)[C@@H](OCc2ccccc2)[C@@H]1OC(=O)c1ccc(Cl)cc1. The normalized spacial score (nSPS) is 21.9. The first-order valence-electron chi connectivity index (χ1n) is 11.1. The number of esters is 1. The van der Waals surface area contributed by atoms with Crippen LogP contribution in [-0.4, -0.2) is 42.6 Å². The Morgan fingerprint density at radius 2 is 1.47 bits per heavy atom. The molecule has 34 heavy (non-hydrogen) atoms. The fourth-order valence-electron chi connectivity index (χ4n) is 3.75. The Balaban J connectivity index is 1.47. The average molecular weight is 499 g/mol. The second-order valence-electron chi connectivity index (χ2n) is 7.92. The number of carbonyl (C=O) groups excluding carboxylic acids is 1. The predicted octanol–water partition coefficient (Wildman–Crippen LogP) is 5.76. The van der Waals surface area contributed by atoms with Crippen molar-refractivity contribution in [2.24, 2.45) is 0 Å². The van der Waals surface area contributed by atoms with E-state index in [1.54, 1.807) is 43.1 Å². The lowest BCUT2D eigenvalue weighted by atomic mass is 10.1. The molecule has 178 valence electrons. The van der Waals surface area contributed by atoms with Gasteiger partial charge in [-0.05, 0) is 35.4 Å². The lowest BCUT2D eigenvalue weighted by Crippen LogP contribution is -2.40. The summed E-state index contributed by atoms with van der Waals surface area (Å²) in [5.74, 6) is -0.441. The lowest BCUT2D eigenvalue weighted by molar-refractivity contribution is -0.0862. The van der Waals surface area contributed by atoms with Crippen molar-refractivity contribution in [3.63, 3.8) is 0 Å². The first kappa shape index (κ1) is 24.8. The van der Waals surface area contributed by atoms with E-state index < -0.39 is 18.2 Å². The molecule has 0 aliphatic carbocycles. The first-order valence-corrected chi connectivity index (χ1v) is 12.4. The number of halogens is 1. The Kier molecular flexibility index (Phi) is 9.02. The maximum Gasteiger partial charge on any atom is 0.338 e. The summed E-state index contributed by atoms with van der Waals surface area (Å²) in [5, 5.41) is 0.489. The number of hydrogen-bond donors (Lipinski definition) is 0. The zero-order chi connectivity index (χ0) is 23.8. The van der Waals surface area contributed by atoms with Gasteiger partial charge in [0.1, 0.15) is 11.5 Å². The summed E-state index contributed by atoms with van der Waals surface area (Å²) in [4.78, 5) is 12.9. The van der Waals surface area contributed by atoms with Gasteiger partial charge in [0, 0.05) is 12.1 Å². The second kappa shape index (κ2) is 12.4. The van der Waals surface area contributed by atoms with Crippen LogP contribution >= 0.6 is 23.4 Å². The van der Waals surface area contributed by atoms with Crippen molar-refractivity contribution >= 4 is 29.3 Å². The van der Waals surface area contributed by atoms with E-state index in [4.69, 9.17) is 30.5 Å². The molecular weight excluding hydrogens is 472 g/mol. The van der Waals surface area contributed by atoms with E-state index in [0.29, 0.717) is 30.4 Å². The number of benzene rings is 3. The van der Waals surface area contributed by atoms with E-state index >= 15 is 0 Å². The van der Waals surface area contributed by atoms with Crippen LogP contribution in [0, 0.1) is 0 Å². The highest BCUT2D eigenvalue weighted by Crippen LogP contribution is 2.39. The van der Waals surface area contributed by atoms with Crippen molar-refractivity contribution in [1.29, 1.82) is 0 Å². The third-order valence-electron chi connectivity index (χ3n) is 5.50. The van der Waals surface area contributed by atoms with Crippen LogP contribution in [-0.2, 0) is 32.2 Å². The smallest absolute Gasteiger partial charge is 0.338 e.